The first-order valence-electron chi connectivity index (χ1n) is 15.6. The number of nitrogens with one attached hydrogen (secondary N) is 2. The summed E-state index contributed by atoms with van der Waals surface area (Å²) >= 11 is 0. The summed E-state index contributed by atoms with van der Waals surface area (Å²) in [6.07, 6.45) is 12.6. The normalized spacial score (nSPS) is 18.2. The van der Waals surface area contributed by atoms with E-state index >= 15 is 0 Å². The smallest absolute Gasteiger partial charge is 0.0886 e. The molecular formula is C40H34N4. The van der Waals surface area contributed by atoms with E-state index in [2.05, 4.69) is 119 Å². The molecule has 6 aromatic rings. The van der Waals surface area contributed by atoms with Gasteiger partial charge in [0.15, 0.2) is 0 Å². The molecule has 0 amide bonds. The van der Waals surface area contributed by atoms with E-state index in [1.807, 2.05) is 30.6 Å². The van der Waals surface area contributed by atoms with E-state index < -0.39 is 0 Å². The topological polar surface area (TPSA) is 49.8 Å². The molecule has 2 aliphatic heterocycles. The van der Waals surface area contributed by atoms with E-state index in [0.717, 1.165) is 42.9 Å². The van der Waals surface area contributed by atoms with Crippen LogP contribution in [0.2, 0.25) is 0 Å². The van der Waals surface area contributed by atoms with Crippen molar-refractivity contribution in [2.24, 2.45) is 0 Å². The van der Waals surface area contributed by atoms with Gasteiger partial charge in [0.05, 0.1) is 11.4 Å². The maximum Gasteiger partial charge on any atom is 0.0886 e. The highest BCUT2D eigenvalue weighted by Gasteiger charge is 2.28. The lowest BCUT2D eigenvalue weighted by Crippen LogP contribution is -2.43. The maximum atomic E-state index is 4.90. The van der Waals surface area contributed by atoms with Crippen molar-refractivity contribution in [3.05, 3.63) is 145 Å². The summed E-state index contributed by atoms with van der Waals surface area (Å²) in [5.41, 5.74) is 9.33. The molecule has 0 aliphatic carbocycles. The SMILES string of the molecule is C1=CCNC(C2CCC(c3c4ccccc4c(-c4ccc(-c5ccccn5)nc4)c4cc(-c5ccccc5)ccc34)CN2)=C1. The standard InChI is InChI=1S/C40H34N4/c1-2-10-27(11-3-1)28-16-19-33-34(24-28)40(30-18-21-38(44-26-30)36-15-7-9-23-42-36)32-13-5-4-12-31(32)39(33)29-17-20-37(43-25-29)35-14-6-8-22-41-35/h1-16,18-19,21,23-24,26,29,37,41,43H,17,20,22,25H2. The molecule has 1 fully saturated rings. The highest BCUT2D eigenvalue weighted by atomic mass is 15.0. The number of fused-ring (bicyclic) bond motifs is 2. The van der Waals surface area contributed by atoms with Crippen LogP contribution in [-0.4, -0.2) is 29.1 Å². The molecule has 4 aromatic carbocycles. The minimum absolute atomic E-state index is 0.376. The molecule has 0 spiro atoms. The number of dihydropyridines is 1. The van der Waals surface area contributed by atoms with Gasteiger partial charge in [-0.3, -0.25) is 9.97 Å². The number of pyridine rings is 2. The molecule has 2 aromatic heterocycles. The van der Waals surface area contributed by atoms with Gasteiger partial charge in [-0.2, -0.15) is 0 Å². The lowest BCUT2D eigenvalue weighted by Gasteiger charge is -2.34. The molecular weight excluding hydrogens is 536 g/mol. The first-order chi connectivity index (χ1) is 21.8. The van der Waals surface area contributed by atoms with Crippen LogP contribution >= 0.6 is 0 Å². The molecule has 44 heavy (non-hydrogen) atoms. The van der Waals surface area contributed by atoms with Crippen molar-refractivity contribution in [3.8, 4) is 33.6 Å². The van der Waals surface area contributed by atoms with E-state index in [1.54, 1.807) is 0 Å². The van der Waals surface area contributed by atoms with Gasteiger partial charge in [0.25, 0.3) is 0 Å². The molecule has 4 heteroatoms. The third kappa shape index (κ3) is 4.87. The fraction of sp³-hybridized carbons (Fsp3) is 0.150. The minimum Gasteiger partial charge on any atom is -0.384 e. The number of piperidine rings is 1. The van der Waals surface area contributed by atoms with Gasteiger partial charge >= 0.3 is 0 Å². The lowest BCUT2D eigenvalue weighted by atomic mass is 9.79. The van der Waals surface area contributed by atoms with Crippen molar-refractivity contribution in [3.63, 3.8) is 0 Å². The maximum absolute atomic E-state index is 4.90. The second kappa shape index (κ2) is 11.6. The first kappa shape index (κ1) is 26.6. The Bertz CT molecular complexity index is 2000. The van der Waals surface area contributed by atoms with Crippen molar-refractivity contribution in [1.82, 2.24) is 20.6 Å². The largest absolute Gasteiger partial charge is 0.384 e. The predicted octanol–water partition coefficient (Wildman–Crippen LogP) is 8.66. The Labute approximate surface area is 258 Å². The van der Waals surface area contributed by atoms with Crippen LogP contribution in [0.25, 0.3) is 55.2 Å². The van der Waals surface area contributed by atoms with Crippen molar-refractivity contribution in [2.75, 3.05) is 13.1 Å². The number of nitrogens with zero attached hydrogens (tertiary/aromatic N) is 2. The Kier molecular flexibility index (Phi) is 6.97. The number of hydrogen-bond acceptors (Lipinski definition) is 4. The van der Waals surface area contributed by atoms with Crippen molar-refractivity contribution < 1.29 is 0 Å². The van der Waals surface area contributed by atoms with E-state index in [1.165, 1.54) is 49.5 Å². The third-order valence-corrected chi connectivity index (χ3v) is 9.19. The van der Waals surface area contributed by atoms with Crippen LogP contribution in [-0.2, 0) is 0 Å². The van der Waals surface area contributed by atoms with E-state index in [9.17, 15) is 0 Å². The zero-order valence-electron chi connectivity index (χ0n) is 24.6. The molecule has 4 nitrogen and oxygen atoms in total. The average molecular weight is 571 g/mol. The zero-order valence-corrected chi connectivity index (χ0v) is 24.6. The van der Waals surface area contributed by atoms with Gasteiger partial charge < -0.3 is 10.6 Å². The number of rotatable bonds is 5. The quantitative estimate of drug-likeness (QED) is 0.204. The van der Waals surface area contributed by atoms with Crippen LogP contribution < -0.4 is 10.6 Å². The summed E-state index contributed by atoms with van der Waals surface area (Å²) in [4.78, 5) is 9.41. The molecule has 0 saturated carbocycles. The number of aromatic nitrogens is 2. The van der Waals surface area contributed by atoms with Crippen LogP contribution in [0.4, 0.5) is 0 Å². The molecule has 0 bridgehead atoms. The summed E-state index contributed by atoms with van der Waals surface area (Å²) in [6, 6.07) is 37.3. The predicted molar refractivity (Wildman–Crippen MR) is 182 cm³/mol. The molecule has 2 N–H and O–H groups in total. The van der Waals surface area contributed by atoms with Gasteiger partial charge in [-0.25, -0.2) is 0 Å². The van der Waals surface area contributed by atoms with Crippen LogP contribution in [0, 0.1) is 0 Å². The molecule has 214 valence electrons. The number of hydrogen-bond donors (Lipinski definition) is 2. The monoisotopic (exact) mass is 570 g/mol. The molecule has 8 rings (SSSR count). The zero-order chi connectivity index (χ0) is 29.3. The molecule has 0 radical (unpaired) electrons. The van der Waals surface area contributed by atoms with Crippen LogP contribution in [0.1, 0.15) is 24.3 Å². The van der Waals surface area contributed by atoms with Crippen molar-refractivity contribution in [1.29, 1.82) is 0 Å². The van der Waals surface area contributed by atoms with E-state index in [-0.39, 0.29) is 0 Å². The summed E-state index contributed by atoms with van der Waals surface area (Å²) in [6.45, 7) is 1.86. The average Bonchev–Trinajstić information content (AvgIpc) is 3.12. The minimum atomic E-state index is 0.376. The summed E-state index contributed by atoms with van der Waals surface area (Å²) in [5, 5.41) is 12.7. The van der Waals surface area contributed by atoms with Gasteiger partial charge in [0.1, 0.15) is 0 Å². The van der Waals surface area contributed by atoms with Crippen LogP contribution in [0.5, 0.6) is 0 Å². The van der Waals surface area contributed by atoms with Gasteiger partial charge in [-0.1, -0.05) is 91.0 Å². The second-order valence-corrected chi connectivity index (χ2v) is 11.8. The highest BCUT2D eigenvalue weighted by molar-refractivity contribution is 6.16. The fourth-order valence-corrected chi connectivity index (χ4v) is 7.06. The Balaban J connectivity index is 1.29. The number of benzene rings is 4. The van der Waals surface area contributed by atoms with Gasteiger partial charge in [0, 0.05) is 42.8 Å². The number of allylic oxidation sites excluding steroid dienone is 2. The second-order valence-electron chi connectivity index (χ2n) is 11.8. The van der Waals surface area contributed by atoms with Crippen molar-refractivity contribution in [2.45, 2.75) is 24.8 Å². The Morgan fingerprint density at radius 2 is 1.43 bits per heavy atom. The van der Waals surface area contributed by atoms with E-state index in [0.29, 0.717) is 12.0 Å². The summed E-state index contributed by atoms with van der Waals surface area (Å²) in [5.74, 6) is 0.416. The first-order valence-corrected chi connectivity index (χ1v) is 15.6. The van der Waals surface area contributed by atoms with E-state index in [4.69, 9.17) is 4.98 Å². The third-order valence-electron chi connectivity index (χ3n) is 9.19. The fourth-order valence-electron chi connectivity index (χ4n) is 7.06. The van der Waals surface area contributed by atoms with Gasteiger partial charge in [-0.05, 0) is 92.9 Å². The van der Waals surface area contributed by atoms with Crippen molar-refractivity contribution >= 4 is 21.5 Å². The highest BCUT2D eigenvalue weighted by Crippen LogP contribution is 2.45. The molecule has 2 atom stereocenters. The summed E-state index contributed by atoms with van der Waals surface area (Å²) in [7, 11) is 0. The molecule has 2 unspecified atom stereocenters. The van der Waals surface area contributed by atoms with Crippen LogP contribution in [0.3, 0.4) is 0 Å². The van der Waals surface area contributed by atoms with Gasteiger partial charge in [0.2, 0.25) is 0 Å². The Morgan fingerprint density at radius 1 is 0.636 bits per heavy atom. The van der Waals surface area contributed by atoms with Crippen LogP contribution in [0.15, 0.2) is 139 Å². The Hall–Kier alpha value is -5.06. The lowest BCUT2D eigenvalue weighted by molar-refractivity contribution is 0.389. The molecule has 2 aliphatic rings. The summed E-state index contributed by atoms with van der Waals surface area (Å²) < 4.78 is 0. The van der Waals surface area contributed by atoms with Gasteiger partial charge in [-0.15, -0.1) is 0 Å². The molecule has 4 heterocycles. The molecule has 1 saturated heterocycles. The Morgan fingerprint density at radius 3 is 2.18 bits per heavy atom.